The molecule has 4 heterocycles. The number of aromatic amines is 1. The van der Waals surface area contributed by atoms with Gasteiger partial charge in [-0.3, -0.25) is 24.3 Å². The Morgan fingerprint density at radius 1 is 1.31 bits per heavy atom. The second-order valence-corrected chi connectivity index (χ2v) is 10.8. The zero-order chi connectivity index (χ0) is 24.7. The number of anilines is 1. The van der Waals surface area contributed by atoms with Gasteiger partial charge >= 0.3 is 0 Å². The van der Waals surface area contributed by atoms with Gasteiger partial charge in [0, 0.05) is 40.2 Å². The zero-order valence-corrected chi connectivity index (χ0v) is 21.7. The number of fused-ring (bicyclic) bond motifs is 3. The van der Waals surface area contributed by atoms with Crippen LogP contribution in [-0.4, -0.2) is 88.5 Å². The summed E-state index contributed by atoms with van der Waals surface area (Å²) < 4.78 is 6.95. The Hall–Kier alpha value is -2.77. The minimum Gasteiger partial charge on any atom is -0.372 e. The number of H-pyrrole nitrogens is 1. The minimum atomic E-state index is -0.649. The highest BCUT2D eigenvalue weighted by Gasteiger charge is 2.39. The molecule has 3 amide bonds. The van der Waals surface area contributed by atoms with Gasteiger partial charge in [-0.25, -0.2) is 0 Å². The van der Waals surface area contributed by atoms with Gasteiger partial charge < -0.3 is 25.3 Å². The van der Waals surface area contributed by atoms with E-state index in [-0.39, 0.29) is 37.4 Å². The predicted molar refractivity (Wildman–Crippen MR) is 140 cm³/mol. The van der Waals surface area contributed by atoms with Gasteiger partial charge in [-0.05, 0) is 54.6 Å². The van der Waals surface area contributed by atoms with Gasteiger partial charge in [-0.15, -0.1) is 0 Å². The Balaban J connectivity index is 1.39. The number of piperazine rings is 1. The molecule has 3 N–H and O–H groups in total. The summed E-state index contributed by atoms with van der Waals surface area (Å²) in [6.45, 7) is 5.43. The van der Waals surface area contributed by atoms with Crippen LogP contribution in [0.4, 0.5) is 5.69 Å². The van der Waals surface area contributed by atoms with E-state index in [4.69, 9.17) is 4.74 Å². The van der Waals surface area contributed by atoms with Crippen molar-refractivity contribution >= 4 is 67.8 Å². The minimum absolute atomic E-state index is 0.0396. The fraction of sp³-hybridized carbons (Fsp3) is 0.417. The highest BCUT2D eigenvalue weighted by Crippen LogP contribution is 2.32. The average Bonchev–Trinajstić information content (AvgIpc) is 3.17. The molecular formula is C24H27IN6O4. The van der Waals surface area contributed by atoms with Crippen LogP contribution in [0.15, 0.2) is 30.6 Å². The van der Waals surface area contributed by atoms with E-state index in [0.717, 1.165) is 25.4 Å². The number of carbonyl (C=O) groups excluding carboxylic acids is 3. The second-order valence-electron chi connectivity index (χ2n) is 9.57. The number of aromatic nitrogens is 2. The average molecular weight is 590 g/mol. The van der Waals surface area contributed by atoms with Crippen molar-refractivity contribution in [1.29, 1.82) is 0 Å². The van der Waals surface area contributed by atoms with E-state index in [0.29, 0.717) is 25.3 Å². The van der Waals surface area contributed by atoms with E-state index in [1.165, 1.54) is 4.90 Å². The third-order valence-corrected chi connectivity index (χ3v) is 7.04. The number of benzene rings is 1. The Morgan fingerprint density at radius 2 is 2.14 bits per heavy atom. The number of morpholine rings is 1. The molecule has 0 saturated carbocycles. The van der Waals surface area contributed by atoms with Crippen LogP contribution in [0.5, 0.6) is 0 Å². The molecule has 0 radical (unpaired) electrons. The molecule has 3 aromatic rings. The Labute approximate surface area is 215 Å². The number of nitrogens with zero attached hydrogens (tertiary/aromatic N) is 3. The normalized spacial score (nSPS) is 20.7. The van der Waals surface area contributed by atoms with Crippen molar-refractivity contribution in [2.75, 3.05) is 44.6 Å². The maximum absolute atomic E-state index is 13.5. The van der Waals surface area contributed by atoms with E-state index < -0.39 is 11.6 Å². The molecular weight excluding hydrogens is 563 g/mol. The van der Waals surface area contributed by atoms with Gasteiger partial charge in [0.05, 0.1) is 48.2 Å². The van der Waals surface area contributed by atoms with Crippen LogP contribution in [0, 0.1) is 3.57 Å². The van der Waals surface area contributed by atoms with Gasteiger partial charge in [0.2, 0.25) is 17.7 Å². The first-order valence-corrected chi connectivity index (χ1v) is 12.6. The molecule has 2 aromatic heterocycles. The summed E-state index contributed by atoms with van der Waals surface area (Å²) in [5.74, 6) is -0.586. The molecule has 5 rings (SSSR count). The molecule has 2 aliphatic heterocycles. The first-order chi connectivity index (χ1) is 16.7. The molecule has 1 atom stereocenters. The largest absolute Gasteiger partial charge is 0.372 e. The number of amides is 3. The summed E-state index contributed by atoms with van der Waals surface area (Å²) in [7, 11) is 0. The van der Waals surface area contributed by atoms with Crippen molar-refractivity contribution < 1.29 is 19.1 Å². The first-order valence-electron chi connectivity index (χ1n) is 11.5. The lowest BCUT2D eigenvalue weighted by atomic mass is 10.0. The lowest BCUT2D eigenvalue weighted by Crippen LogP contribution is -2.61. The number of hydrogen-bond acceptors (Lipinski definition) is 6. The molecule has 0 spiro atoms. The van der Waals surface area contributed by atoms with Crippen LogP contribution >= 0.6 is 22.6 Å². The number of nitrogens with one attached hydrogen (secondary N) is 3. The van der Waals surface area contributed by atoms with E-state index in [1.807, 2.05) is 30.9 Å². The summed E-state index contributed by atoms with van der Waals surface area (Å²) in [4.78, 5) is 49.2. The fourth-order valence-electron chi connectivity index (χ4n) is 4.72. The molecule has 35 heavy (non-hydrogen) atoms. The molecule has 0 unspecified atom stereocenters. The molecule has 2 fully saturated rings. The van der Waals surface area contributed by atoms with Crippen molar-refractivity contribution in [3.05, 3.63) is 34.2 Å². The van der Waals surface area contributed by atoms with Crippen molar-refractivity contribution in [3.8, 4) is 0 Å². The summed E-state index contributed by atoms with van der Waals surface area (Å²) >= 11 is 2.24. The van der Waals surface area contributed by atoms with E-state index >= 15 is 0 Å². The number of ether oxygens (including phenoxy) is 1. The van der Waals surface area contributed by atoms with Crippen LogP contribution in [0.3, 0.4) is 0 Å². The Kier molecular flexibility index (Phi) is 6.40. The molecule has 2 aliphatic rings. The van der Waals surface area contributed by atoms with E-state index in [2.05, 4.69) is 49.3 Å². The van der Waals surface area contributed by atoms with Gasteiger partial charge in [0.1, 0.15) is 6.04 Å². The van der Waals surface area contributed by atoms with Crippen LogP contribution in [0.25, 0.3) is 21.8 Å². The SMILES string of the molecule is CC1(C)CN(CC(=O)N2CCNC(=O)C2)[C@H](C(=O)Nc2cc(I)cc3c2[nH]c2cnccc23)CO1. The first kappa shape index (κ1) is 23.9. The molecule has 184 valence electrons. The van der Waals surface area contributed by atoms with Crippen molar-refractivity contribution in [3.63, 3.8) is 0 Å². The number of rotatable bonds is 4. The summed E-state index contributed by atoms with van der Waals surface area (Å²) in [6, 6.07) is 5.28. The highest BCUT2D eigenvalue weighted by molar-refractivity contribution is 14.1. The van der Waals surface area contributed by atoms with Gasteiger partial charge in [-0.2, -0.15) is 0 Å². The van der Waals surface area contributed by atoms with Crippen LogP contribution in [-0.2, 0) is 19.1 Å². The molecule has 0 bridgehead atoms. The summed E-state index contributed by atoms with van der Waals surface area (Å²) in [5, 5.41) is 7.83. The Bertz CT molecular complexity index is 1320. The smallest absolute Gasteiger partial charge is 0.244 e. The van der Waals surface area contributed by atoms with Crippen LogP contribution in [0.2, 0.25) is 0 Å². The predicted octanol–water partition coefficient (Wildman–Crippen LogP) is 1.70. The molecule has 11 heteroatoms. The lowest BCUT2D eigenvalue weighted by molar-refractivity contribution is -0.152. The third kappa shape index (κ3) is 4.98. The van der Waals surface area contributed by atoms with E-state index in [9.17, 15) is 14.4 Å². The highest BCUT2D eigenvalue weighted by atomic mass is 127. The van der Waals surface area contributed by atoms with E-state index in [1.54, 1.807) is 12.4 Å². The molecule has 10 nitrogen and oxygen atoms in total. The van der Waals surface area contributed by atoms with Crippen LogP contribution < -0.4 is 10.6 Å². The maximum atomic E-state index is 13.5. The third-order valence-electron chi connectivity index (χ3n) is 6.42. The fourth-order valence-corrected chi connectivity index (χ4v) is 5.34. The lowest BCUT2D eigenvalue weighted by Gasteiger charge is -2.43. The molecule has 1 aromatic carbocycles. The van der Waals surface area contributed by atoms with Crippen LogP contribution in [0.1, 0.15) is 13.8 Å². The van der Waals surface area contributed by atoms with Gasteiger partial charge in [0.15, 0.2) is 0 Å². The molecule has 2 saturated heterocycles. The number of hydrogen-bond donors (Lipinski definition) is 3. The number of carbonyl (C=O) groups is 3. The Morgan fingerprint density at radius 3 is 2.94 bits per heavy atom. The van der Waals surface area contributed by atoms with Crippen molar-refractivity contribution in [2.45, 2.75) is 25.5 Å². The topological polar surface area (TPSA) is 120 Å². The van der Waals surface area contributed by atoms with Crippen molar-refractivity contribution in [1.82, 2.24) is 25.1 Å². The maximum Gasteiger partial charge on any atom is 0.244 e. The van der Waals surface area contributed by atoms with Crippen molar-refractivity contribution in [2.24, 2.45) is 0 Å². The number of halogens is 1. The molecule has 0 aliphatic carbocycles. The quantitative estimate of drug-likeness (QED) is 0.398. The van der Waals surface area contributed by atoms with Gasteiger partial charge in [0.25, 0.3) is 0 Å². The zero-order valence-electron chi connectivity index (χ0n) is 19.6. The number of pyridine rings is 1. The second kappa shape index (κ2) is 9.36. The summed E-state index contributed by atoms with van der Waals surface area (Å²) in [6.07, 6.45) is 3.51. The monoisotopic (exact) mass is 590 g/mol. The summed E-state index contributed by atoms with van der Waals surface area (Å²) in [5.41, 5.74) is 1.87. The standard InChI is InChI=1S/C24H27IN6O4/c1-24(2)13-31(11-21(33)30-6-5-27-20(32)10-30)19(12-35-24)23(34)29-17-8-14(25)7-16-15-3-4-26-9-18(15)28-22(16)17/h3-4,7-9,19,28H,5-6,10-13H2,1-2H3,(H,27,32)(H,29,34)/t19-/m0/s1. The van der Waals surface area contributed by atoms with Gasteiger partial charge in [-0.1, -0.05) is 0 Å².